The molecule has 0 N–H and O–H groups in total. The van der Waals surface area contributed by atoms with Gasteiger partial charge in [-0.1, -0.05) is 158 Å². The first-order valence-electron chi connectivity index (χ1n) is 14.3. The van der Waals surface area contributed by atoms with Gasteiger partial charge in [0.1, 0.15) is 0 Å². The average molecular weight is 565 g/mol. The van der Waals surface area contributed by atoms with Crippen molar-refractivity contribution in [2.75, 3.05) is 29.6 Å². The SMILES string of the molecule is Cl.c1ccc(-c2cccc(-c3ccccc3)c2N2CCN(c3c(-c4ccccc4)cccc3-c3ccccc3)C2)cc1. The first kappa shape index (κ1) is 27.4. The van der Waals surface area contributed by atoms with E-state index in [4.69, 9.17) is 0 Å². The first-order chi connectivity index (χ1) is 20.4. The predicted molar refractivity (Wildman–Crippen MR) is 181 cm³/mol. The van der Waals surface area contributed by atoms with Crippen LogP contribution in [0.4, 0.5) is 11.4 Å². The summed E-state index contributed by atoms with van der Waals surface area (Å²) in [6.07, 6.45) is 0. The highest BCUT2D eigenvalue weighted by Crippen LogP contribution is 2.44. The Morgan fingerprint density at radius 1 is 0.310 bits per heavy atom. The molecule has 0 atom stereocenters. The number of benzene rings is 6. The van der Waals surface area contributed by atoms with Crippen LogP contribution in [0, 0.1) is 0 Å². The number of hydrogen-bond acceptors (Lipinski definition) is 2. The zero-order valence-electron chi connectivity index (χ0n) is 23.4. The van der Waals surface area contributed by atoms with Gasteiger partial charge in [0.2, 0.25) is 0 Å². The fraction of sp³-hybridized carbons (Fsp3) is 0.0769. The molecular formula is C39H33ClN2. The van der Waals surface area contributed by atoms with Crippen molar-refractivity contribution in [3.8, 4) is 44.5 Å². The number of halogens is 1. The van der Waals surface area contributed by atoms with E-state index < -0.39 is 0 Å². The lowest BCUT2D eigenvalue weighted by Crippen LogP contribution is -2.26. The number of nitrogens with zero attached hydrogens (tertiary/aromatic N) is 2. The number of rotatable bonds is 6. The Labute approximate surface area is 254 Å². The smallest absolute Gasteiger partial charge is 0.0905 e. The summed E-state index contributed by atoms with van der Waals surface area (Å²) in [5, 5.41) is 0. The molecule has 6 aromatic carbocycles. The molecule has 1 saturated heterocycles. The molecule has 0 aliphatic carbocycles. The fourth-order valence-corrected chi connectivity index (χ4v) is 6.12. The summed E-state index contributed by atoms with van der Waals surface area (Å²) in [6.45, 7) is 2.70. The highest BCUT2D eigenvalue weighted by molar-refractivity contribution is 5.94. The summed E-state index contributed by atoms with van der Waals surface area (Å²) < 4.78 is 0. The van der Waals surface area contributed by atoms with Crippen LogP contribution in [0.15, 0.2) is 158 Å². The maximum absolute atomic E-state index is 2.57. The number of hydrogen-bond donors (Lipinski definition) is 0. The van der Waals surface area contributed by atoms with Crippen molar-refractivity contribution in [3.05, 3.63) is 158 Å². The molecule has 1 aliphatic heterocycles. The quantitative estimate of drug-likeness (QED) is 0.198. The minimum Gasteiger partial charge on any atom is -0.351 e. The highest BCUT2D eigenvalue weighted by Gasteiger charge is 2.28. The lowest BCUT2D eigenvalue weighted by atomic mass is 9.95. The minimum atomic E-state index is 0. The molecule has 42 heavy (non-hydrogen) atoms. The standard InChI is InChI=1S/C39H32N2.ClH/c1-5-15-30(16-6-1)34-23-13-24-35(31-17-7-2-8-18-31)38(34)40-27-28-41(29-40)39-36(32-19-9-3-10-20-32)25-14-26-37(39)33-21-11-4-12-22-33;/h1-26H,27-29H2;1H. The van der Waals surface area contributed by atoms with Gasteiger partial charge in [0.25, 0.3) is 0 Å². The molecule has 1 fully saturated rings. The van der Waals surface area contributed by atoms with Crippen LogP contribution >= 0.6 is 12.4 Å². The van der Waals surface area contributed by atoms with Gasteiger partial charge in [-0.2, -0.15) is 0 Å². The summed E-state index contributed by atoms with van der Waals surface area (Å²) in [5.74, 6) is 0. The first-order valence-corrected chi connectivity index (χ1v) is 14.3. The molecule has 7 rings (SSSR count). The predicted octanol–water partition coefficient (Wildman–Crippen LogP) is 10.1. The van der Waals surface area contributed by atoms with Crippen LogP contribution in [0.5, 0.6) is 0 Å². The fourth-order valence-electron chi connectivity index (χ4n) is 6.12. The van der Waals surface area contributed by atoms with Gasteiger partial charge in [-0.25, -0.2) is 0 Å². The lowest BCUT2D eigenvalue weighted by Gasteiger charge is -2.29. The highest BCUT2D eigenvalue weighted by atomic mass is 35.5. The van der Waals surface area contributed by atoms with Gasteiger partial charge in [0, 0.05) is 35.3 Å². The molecule has 0 bridgehead atoms. The molecule has 0 unspecified atom stereocenters. The second kappa shape index (κ2) is 12.4. The van der Waals surface area contributed by atoms with Crippen LogP contribution in [0.3, 0.4) is 0 Å². The maximum Gasteiger partial charge on any atom is 0.0905 e. The number of anilines is 2. The van der Waals surface area contributed by atoms with E-state index in [9.17, 15) is 0 Å². The van der Waals surface area contributed by atoms with Crippen molar-refractivity contribution in [2.45, 2.75) is 0 Å². The van der Waals surface area contributed by atoms with Gasteiger partial charge in [0.05, 0.1) is 18.0 Å². The molecular weight excluding hydrogens is 532 g/mol. The topological polar surface area (TPSA) is 6.48 Å². The van der Waals surface area contributed by atoms with Gasteiger partial charge in [-0.3, -0.25) is 0 Å². The second-order valence-corrected chi connectivity index (χ2v) is 10.5. The van der Waals surface area contributed by atoms with E-state index in [0.717, 1.165) is 19.8 Å². The molecule has 0 radical (unpaired) electrons. The summed E-state index contributed by atoms with van der Waals surface area (Å²) in [4.78, 5) is 5.14. The maximum atomic E-state index is 2.57. The Bertz CT molecular complexity index is 1510. The van der Waals surface area contributed by atoms with E-state index in [1.54, 1.807) is 0 Å². The van der Waals surface area contributed by atoms with Crippen molar-refractivity contribution in [2.24, 2.45) is 0 Å². The molecule has 0 saturated carbocycles. The van der Waals surface area contributed by atoms with Gasteiger partial charge in [-0.15, -0.1) is 12.4 Å². The van der Waals surface area contributed by atoms with Crippen LogP contribution in [-0.2, 0) is 0 Å². The van der Waals surface area contributed by atoms with Crippen LogP contribution < -0.4 is 9.80 Å². The Morgan fingerprint density at radius 2 is 0.571 bits per heavy atom. The van der Waals surface area contributed by atoms with Crippen molar-refractivity contribution in [1.82, 2.24) is 0 Å². The van der Waals surface area contributed by atoms with Crippen LogP contribution in [0.2, 0.25) is 0 Å². The largest absolute Gasteiger partial charge is 0.351 e. The van der Waals surface area contributed by atoms with Crippen LogP contribution in [0.1, 0.15) is 0 Å². The zero-order chi connectivity index (χ0) is 27.4. The number of para-hydroxylation sites is 2. The lowest BCUT2D eigenvalue weighted by molar-refractivity contribution is 0.952. The Morgan fingerprint density at radius 3 is 0.833 bits per heavy atom. The average Bonchev–Trinajstić information content (AvgIpc) is 3.55. The van der Waals surface area contributed by atoms with E-state index in [0.29, 0.717) is 0 Å². The molecule has 3 heteroatoms. The molecule has 2 nitrogen and oxygen atoms in total. The van der Waals surface area contributed by atoms with Gasteiger partial charge in [-0.05, 0) is 22.3 Å². The van der Waals surface area contributed by atoms with Gasteiger partial charge < -0.3 is 9.80 Å². The Hall–Kier alpha value is -4.79. The summed E-state index contributed by atoms with van der Waals surface area (Å²) in [6, 6.07) is 56.7. The Kier molecular flexibility index (Phi) is 8.07. The molecule has 206 valence electrons. The van der Waals surface area contributed by atoms with E-state index in [-0.39, 0.29) is 12.4 Å². The van der Waals surface area contributed by atoms with Crippen molar-refractivity contribution in [1.29, 1.82) is 0 Å². The molecule has 0 amide bonds. The Balaban J connectivity index is 0.00000316. The second-order valence-electron chi connectivity index (χ2n) is 10.5. The van der Waals surface area contributed by atoms with Gasteiger partial charge >= 0.3 is 0 Å². The third-order valence-electron chi connectivity index (χ3n) is 8.02. The third kappa shape index (κ3) is 5.30. The van der Waals surface area contributed by atoms with E-state index in [1.165, 1.54) is 55.9 Å². The van der Waals surface area contributed by atoms with Crippen molar-refractivity contribution >= 4 is 23.8 Å². The van der Waals surface area contributed by atoms with E-state index >= 15 is 0 Å². The summed E-state index contributed by atoms with van der Waals surface area (Å²) in [5.41, 5.74) is 12.7. The molecule has 6 aromatic rings. The van der Waals surface area contributed by atoms with Crippen LogP contribution in [0.25, 0.3) is 44.5 Å². The minimum absolute atomic E-state index is 0. The molecule has 0 aromatic heterocycles. The normalized spacial score (nSPS) is 12.7. The summed E-state index contributed by atoms with van der Waals surface area (Å²) >= 11 is 0. The van der Waals surface area contributed by atoms with E-state index in [2.05, 4.69) is 168 Å². The summed E-state index contributed by atoms with van der Waals surface area (Å²) in [7, 11) is 0. The molecule has 1 aliphatic rings. The van der Waals surface area contributed by atoms with Gasteiger partial charge in [0.15, 0.2) is 0 Å². The molecule has 1 heterocycles. The van der Waals surface area contributed by atoms with Crippen molar-refractivity contribution in [3.63, 3.8) is 0 Å². The molecule has 0 spiro atoms. The monoisotopic (exact) mass is 564 g/mol. The zero-order valence-corrected chi connectivity index (χ0v) is 24.3. The van der Waals surface area contributed by atoms with E-state index in [1.807, 2.05) is 0 Å². The van der Waals surface area contributed by atoms with Crippen molar-refractivity contribution < 1.29 is 0 Å². The van der Waals surface area contributed by atoms with Crippen LogP contribution in [-0.4, -0.2) is 19.8 Å². The third-order valence-corrected chi connectivity index (χ3v) is 8.02.